The van der Waals surface area contributed by atoms with E-state index in [0.29, 0.717) is 0 Å². The number of hydrogen-bond donors (Lipinski definition) is 2. The van der Waals surface area contributed by atoms with E-state index in [2.05, 4.69) is 8.85 Å². The van der Waals surface area contributed by atoms with Gasteiger partial charge in [0, 0.05) is 36.3 Å². The lowest BCUT2D eigenvalue weighted by Crippen LogP contribution is -2.34. The molecule has 0 rings (SSSR count). The van der Waals surface area contributed by atoms with Gasteiger partial charge in [0.2, 0.25) is 5.91 Å². The van der Waals surface area contributed by atoms with Crippen molar-refractivity contribution in [1.29, 1.82) is 0 Å². The molecule has 0 unspecified atom stereocenters. The van der Waals surface area contributed by atoms with Crippen LogP contribution < -0.4 is 8.85 Å². The summed E-state index contributed by atoms with van der Waals surface area (Å²) < 4.78 is 2.73. The van der Waals surface area contributed by atoms with Crippen molar-refractivity contribution >= 4 is 34.6 Å². The lowest BCUT2D eigenvalue weighted by molar-refractivity contribution is -0.125. The van der Waals surface area contributed by atoms with Crippen LogP contribution in [0.25, 0.3) is 0 Å². The molecule has 1 amide bonds. The van der Waals surface area contributed by atoms with Gasteiger partial charge in [0.05, 0.1) is 6.04 Å². The lowest BCUT2D eigenvalue weighted by Gasteiger charge is -2.08. The monoisotopic (exact) mass is 270 g/mol. The summed E-state index contributed by atoms with van der Waals surface area (Å²) in [5.41, 5.74) is 0. The largest absolute Gasteiger partial charge is 0.359 e. The topological polar surface area (TPSA) is 58.2 Å². The van der Waals surface area contributed by atoms with Crippen molar-refractivity contribution in [2.45, 2.75) is 19.4 Å². The van der Waals surface area contributed by atoms with Crippen LogP contribution in [0.5, 0.6) is 0 Å². The Kier molecular flexibility index (Phi) is 5.39. The van der Waals surface area contributed by atoms with Crippen molar-refractivity contribution in [3.8, 4) is 0 Å². The molecule has 0 saturated heterocycles. The zero-order chi connectivity index (χ0) is 8.85. The number of rotatable bonds is 4. The SMILES string of the molecule is CNC(=O)C[C@H](NI)C(C)=O. The van der Waals surface area contributed by atoms with Gasteiger partial charge in [-0.3, -0.25) is 13.1 Å². The molecule has 5 heteroatoms. The van der Waals surface area contributed by atoms with Crippen LogP contribution in [-0.2, 0) is 9.59 Å². The summed E-state index contributed by atoms with van der Waals surface area (Å²) in [7, 11) is 1.55. The Bertz CT molecular complexity index is 161. The smallest absolute Gasteiger partial charge is 0.221 e. The van der Waals surface area contributed by atoms with Gasteiger partial charge in [-0.05, 0) is 6.92 Å². The molecule has 0 saturated carbocycles. The van der Waals surface area contributed by atoms with Crippen molar-refractivity contribution < 1.29 is 9.59 Å². The number of carbonyl (C=O) groups is 2. The molecule has 2 N–H and O–H groups in total. The highest BCUT2D eigenvalue weighted by atomic mass is 127. The third kappa shape index (κ3) is 4.31. The second-order valence-electron chi connectivity index (χ2n) is 2.15. The predicted octanol–water partition coefficient (Wildman–Crippen LogP) is 0.0197. The molecule has 0 heterocycles. The molecule has 0 aromatic rings. The van der Waals surface area contributed by atoms with Crippen molar-refractivity contribution in [3.05, 3.63) is 0 Å². The van der Waals surface area contributed by atoms with Crippen LogP contribution in [0.1, 0.15) is 13.3 Å². The molecule has 1 atom stereocenters. The van der Waals surface area contributed by atoms with Crippen molar-refractivity contribution in [2.24, 2.45) is 0 Å². The summed E-state index contributed by atoms with van der Waals surface area (Å²) in [6, 6.07) is -0.365. The highest BCUT2D eigenvalue weighted by molar-refractivity contribution is 14.1. The van der Waals surface area contributed by atoms with Crippen LogP contribution in [0, 0.1) is 0 Å². The number of carbonyl (C=O) groups excluding carboxylic acids is 2. The summed E-state index contributed by atoms with van der Waals surface area (Å²) in [5, 5.41) is 2.45. The first-order chi connectivity index (χ1) is 5.11. The molecule has 64 valence electrons. The first-order valence-corrected chi connectivity index (χ1v) is 4.27. The van der Waals surface area contributed by atoms with Gasteiger partial charge < -0.3 is 5.32 Å². The summed E-state index contributed by atoms with van der Waals surface area (Å²) in [6.07, 6.45) is 0.203. The minimum absolute atomic E-state index is 0.0250. The van der Waals surface area contributed by atoms with Crippen LogP contribution >= 0.6 is 22.9 Å². The van der Waals surface area contributed by atoms with Gasteiger partial charge in [-0.1, -0.05) is 0 Å². The molecule has 0 spiro atoms. The van der Waals surface area contributed by atoms with E-state index in [4.69, 9.17) is 0 Å². The molecule has 0 radical (unpaired) electrons. The normalized spacial score (nSPS) is 12.3. The number of halogens is 1. The highest BCUT2D eigenvalue weighted by Crippen LogP contribution is 1.95. The van der Waals surface area contributed by atoms with Crippen LogP contribution in [0.2, 0.25) is 0 Å². The number of ketones is 1. The molecular formula is C6H11IN2O2. The summed E-state index contributed by atoms with van der Waals surface area (Å²) in [6.45, 7) is 1.46. The third-order valence-corrected chi connectivity index (χ3v) is 2.04. The minimum Gasteiger partial charge on any atom is -0.359 e. The first-order valence-electron chi connectivity index (χ1n) is 3.19. The number of amides is 1. The summed E-state index contributed by atoms with van der Waals surface area (Å²) in [5.74, 6) is -0.155. The van der Waals surface area contributed by atoms with E-state index in [9.17, 15) is 9.59 Å². The van der Waals surface area contributed by atoms with E-state index < -0.39 is 0 Å². The van der Waals surface area contributed by atoms with Gasteiger partial charge in [-0.2, -0.15) is 0 Å². The fraction of sp³-hybridized carbons (Fsp3) is 0.667. The molecule has 0 aromatic heterocycles. The predicted molar refractivity (Wildman–Crippen MR) is 50.3 cm³/mol. The van der Waals surface area contributed by atoms with E-state index in [1.165, 1.54) is 6.92 Å². The molecule has 0 aromatic carbocycles. The Morgan fingerprint density at radius 1 is 1.55 bits per heavy atom. The van der Waals surface area contributed by atoms with E-state index in [1.54, 1.807) is 7.05 Å². The second kappa shape index (κ2) is 5.48. The fourth-order valence-electron chi connectivity index (χ4n) is 0.547. The average Bonchev–Trinajstić information content (AvgIpc) is 1.99. The number of hydrogen-bond acceptors (Lipinski definition) is 3. The zero-order valence-electron chi connectivity index (χ0n) is 6.48. The minimum atomic E-state index is -0.365. The van der Waals surface area contributed by atoms with Crippen molar-refractivity contribution in [2.75, 3.05) is 7.05 Å². The second-order valence-corrected chi connectivity index (χ2v) is 2.77. The Morgan fingerprint density at radius 3 is 2.36 bits per heavy atom. The van der Waals surface area contributed by atoms with Gasteiger partial charge >= 0.3 is 0 Å². The van der Waals surface area contributed by atoms with E-state index >= 15 is 0 Å². The molecule has 0 fully saturated rings. The molecule has 0 aliphatic carbocycles. The lowest BCUT2D eigenvalue weighted by atomic mass is 10.1. The molecule has 0 bridgehead atoms. The standard InChI is InChI=1S/C6H11IN2O2/c1-4(10)5(9-7)3-6(11)8-2/h5,9H,3H2,1-2H3,(H,8,11)/t5-/m0/s1. The Balaban J connectivity index is 3.88. The molecule has 0 aliphatic heterocycles. The van der Waals surface area contributed by atoms with Crippen LogP contribution in [0.4, 0.5) is 0 Å². The van der Waals surface area contributed by atoms with Crippen LogP contribution in [-0.4, -0.2) is 24.8 Å². The van der Waals surface area contributed by atoms with Gasteiger partial charge in [-0.15, -0.1) is 0 Å². The Labute approximate surface area is 79.6 Å². The van der Waals surface area contributed by atoms with E-state index in [0.717, 1.165) is 0 Å². The quantitative estimate of drug-likeness (QED) is 0.559. The number of nitrogens with one attached hydrogen (secondary N) is 2. The third-order valence-electron chi connectivity index (χ3n) is 1.29. The zero-order valence-corrected chi connectivity index (χ0v) is 8.64. The van der Waals surface area contributed by atoms with Crippen LogP contribution in [0.15, 0.2) is 0 Å². The average molecular weight is 270 g/mol. The maximum absolute atomic E-state index is 10.8. The fourth-order valence-corrected chi connectivity index (χ4v) is 1.21. The molecule has 4 nitrogen and oxygen atoms in total. The number of Topliss-reactive ketones (excluding diaryl/α,β-unsaturated/α-hetero) is 1. The maximum Gasteiger partial charge on any atom is 0.221 e. The summed E-state index contributed by atoms with van der Waals surface area (Å²) >= 11 is 1.86. The Morgan fingerprint density at radius 2 is 2.09 bits per heavy atom. The van der Waals surface area contributed by atoms with Crippen molar-refractivity contribution in [3.63, 3.8) is 0 Å². The molecule has 0 aliphatic rings. The molecule has 11 heavy (non-hydrogen) atoms. The van der Waals surface area contributed by atoms with E-state index in [1.807, 2.05) is 22.9 Å². The Hall–Kier alpha value is -0.170. The first kappa shape index (κ1) is 10.8. The van der Waals surface area contributed by atoms with E-state index in [-0.39, 0.29) is 24.2 Å². The van der Waals surface area contributed by atoms with Gasteiger partial charge in [0.1, 0.15) is 5.78 Å². The van der Waals surface area contributed by atoms with Gasteiger partial charge in [-0.25, -0.2) is 0 Å². The van der Waals surface area contributed by atoms with Gasteiger partial charge in [0.25, 0.3) is 0 Å². The highest BCUT2D eigenvalue weighted by Gasteiger charge is 2.15. The summed E-state index contributed by atoms with van der Waals surface area (Å²) in [4.78, 5) is 21.6. The van der Waals surface area contributed by atoms with Crippen LogP contribution in [0.3, 0.4) is 0 Å². The van der Waals surface area contributed by atoms with Gasteiger partial charge in [0.15, 0.2) is 0 Å². The maximum atomic E-state index is 10.8. The molecular weight excluding hydrogens is 259 g/mol. The van der Waals surface area contributed by atoms with Crippen molar-refractivity contribution in [1.82, 2.24) is 8.85 Å².